The molecule has 0 amide bonds. The van der Waals surface area contributed by atoms with Crippen LogP contribution in [0.25, 0.3) is 0 Å². The molecule has 0 heterocycles. The summed E-state index contributed by atoms with van der Waals surface area (Å²) in [6.45, 7) is 15.9. The Kier molecular flexibility index (Phi) is 7.86. The van der Waals surface area contributed by atoms with Crippen LogP contribution in [0.1, 0.15) is 53.4 Å². The van der Waals surface area contributed by atoms with Gasteiger partial charge in [0.2, 0.25) is 0 Å². The van der Waals surface area contributed by atoms with E-state index < -0.39 is 18.7 Å². The first-order valence-electron chi connectivity index (χ1n) is 8.74. The van der Waals surface area contributed by atoms with Gasteiger partial charge in [0.05, 0.1) is 13.2 Å². The fraction of sp³-hybridized carbons (Fsp3) is 0.632. The van der Waals surface area contributed by atoms with Gasteiger partial charge >= 0.3 is 13.6 Å². The molecule has 5 nitrogen and oxygen atoms in total. The first-order valence-corrected chi connectivity index (χ1v) is 10.3. The zero-order valence-corrected chi connectivity index (χ0v) is 16.7. The van der Waals surface area contributed by atoms with E-state index in [1.807, 2.05) is 13.8 Å². The first kappa shape index (κ1) is 21.9. The number of carbonyl (C=O) groups is 1. The Labute approximate surface area is 151 Å². The molecule has 25 heavy (non-hydrogen) atoms. The van der Waals surface area contributed by atoms with Crippen molar-refractivity contribution < 1.29 is 23.5 Å². The number of rotatable bonds is 10. The van der Waals surface area contributed by atoms with Crippen molar-refractivity contribution in [3.63, 3.8) is 0 Å². The van der Waals surface area contributed by atoms with Crippen LogP contribution in [0.4, 0.5) is 0 Å². The number of aliphatic carboxylic acids is 1. The topological polar surface area (TPSA) is 72.8 Å². The molecule has 1 N–H and O–H groups in total. The van der Waals surface area contributed by atoms with Crippen LogP contribution in [0, 0.1) is 5.92 Å². The van der Waals surface area contributed by atoms with Gasteiger partial charge in [-0.2, -0.15) is 0 Å². The molecule has 142 valence electrons. The van der Waals surface area contributed by atoms with Crippen molar-refractivity contribution in [2.75, 3.05) is 13.2 Å². The minimum Gasteiger partial charge on any atom is -0.480 e. The van der Waals surface area contributed by atoms with Gasteiger partial charge in [0.15, 0.2) is 5.16 Å². The molecule has 1 aliphatic rings. The van der Waals surface area contributed by atoms with Gasteiger partial charge < -0.3 is 14.2 Å². The summed E-state index contributed by atoms with van der Waals surface area (Å²) >= 11 is 0. The number of carboxylic acids is 1. The van der Waals surface area contributed by atoms with Crippen molar-refractivity contribution in [2.24, 2.45) is 5.92 Å². The van der Waals surface area contributed by atoms with E-state index >= 15 is 0 Å². The van der Waals surface area contributed by atoms with Gasteiger partial charge in [-0.1, -0.05) is 36.0 Å². The SMILES string of the molecule is C=C(CCC=C(C)C)[C@@H]1C[C@@](C(=O)O)(P(=O)(OCC)OCC)CC1=C. The zero-order chi connectivity index (χ0) is 19.3. The molecule has 2 atom stereocenters. The number of allylic oxidation sites excluding steroid dienone is 4. The van der Waals surface area contributed by atoms with E-state index in [2.05, 4.69) is 19.2 Å². The average molecular weight is 370 g/mol. The maximum absolute atomic E-state index is 13.3. The van der Waals surface area contributed by atoms with E-state index in [4.69, 9.17) is 9.05 Å². The highest BCUT2D eigenvalue weighted by atomic mass is 31.2. The molecule has 0 aromatic rings. The average Bonchev–Trinajstić information content (AvgIpc) is 2.87. The second-order valence-corrected chi connectivity index (χ2v) is 9.11. The third-order valence-electron chi connectivity index (χ3n) is 4.59. The number of hydrogen-bond acceptors (Lipinski definition) is 4. The van der Waals surface area contributed by atoms with E-state index in [9.17, 15) is 14.5 Å². The smallest absolute Gasteiger partial charge is 0.348 e. The largest absolute Gasteiger partial charge is 0.480 e. The Morgan fingerprint density at radius 1 is 1.36 bits per heavy atom. The van der Waals surface area contributed by atoms with Gasteiger partial charge in [-0.05, 0) is 53.4 Å². The Bertz CT molecular complexity index is 593. The fourth-order valence-corrected chi connectivity index (χ4v) is 5.61. The van der Waals surface area contributed by atoms with Gasteiger partial charge in [0, 0.05) is 5.92 Å². The monoisotopic (exact) mass is 370 g/mol. The van der Waals surface area contributed by atoms with Crippen molar-refractivity contribution in [1.82, 2.24) is 0 Å². The lowest BCUT2D eigenvalue weighted by molar-refractivity contribution is -0.140. The fourth-order valence-electron chi connectivity index (χ4n) is 3.32. The highest BCUT2D eigenvalue weighted by Crippen LogP contribution is 2.68. The van der Waals surface area contributed by atoms with Crippen molar-refractivity contribution >= 4 is 13.6 Å². The molecular formula is C19H31O5P. The van der Waals surface area contributed by atoms with Crippen molar-refractivity contribution in [3.8, 4) is 0 Å². The van der Waals surface area contributed by atoms with Crippen molar-refractivity contribution in [1.29, 1.82) is 0 Å². The lowest BCUT2D eigenvalue weighted by Crippen LogP contribution is -2.37. The van der Waals surface area contributed by atoms with Gasteiger partial charge in [-0.3, -0.25) is 9.36 Å². The van der Waals surface area contributed by atoms with Crippen molar-refractivity contribution in [2.45, 2.75) is 58.5 Å². The van der Waals surface area contributed by atoms with Crippen LogP contribution in [-0.4, -0.2) is 29.4 Å². The van der Waals surface area contributed by atoms with Crippen LogP contribution in [0.5, 0.6) is 0 Å². The summed E-state index contributed by atoms with van der Waals surface area (Å²) in [5.41, 5.74) is 2.89. The van der Waals surface area contributed by atoms with Crippen LogP contribution in [0.3, 0.4) is 0 Å². The number of hydrogen-bond donors (Lipinski definition) is 1. The lowest BCUT2D eigenvalue weighted by atomic mass is 9.91. The van der Waals surface area contributed by atoms with Crippen LogP contribution < -0.4 is 0 Å². The quantitative estimate of drug-likeness (QED) is 0.415. The molecule has 6 heteroatoms. The second kappa shape index (κ2) is 8.98. The molecule has 0 aromatic carbocycles. The second-order valence-electron chi connectivity index (χ2n) is 6.74. The molecule has 0 aromatic heterocycles. The molecule has 1 aliphatic carbocycles. The highest BCUT2D eigenvalue weighted by molar-refractivity contribution is 7.56. The van der Waals surface area contributed by atoms with Crippen LogP contribution in [0.2, 0.25) is 0 Å². The maximum atomic E-state index is 13.3. The summed E-state index contributed by atoms with van der Waals surface area (Å²) < 4.78 is 24.0. The zero-order valence-electron chi connectivity index (χ0n) is 15.8. The van der Waals surface area contributed by atoms with E-state index in [0.717, 1.165) is 24.0 Å². The van der Waals surface area contributed by atoms with E-state index in [1.165, 1.54) is 5.57 Å². The van der Waals surface area contributed by atoms with Crippen LogP contribution in [0.15, 0.2) is 36.0 Å². The molecule has 1 saturated carbocycles. The lowest BCUT2D eigenvalue weighted by Gasteiger charge is -2.32. The molecular weight excluding hydrogens is 339 g/mol. The standard InChI is InChI=1S/C19H31O5P/c1-7-23-25(22,24-8-2)19(18(20)21)12-16(6)17(13-19)15(5)11-9-10-14(3)4/h10,17H,5-9,11-13H2,1-4H3,(H,20,21)/t17-,19-/m0/s1. The molecule has 1 fully saturated rings. The minimum absolute atomic E-state index is 0.0892. The van der Waals surface area contributed by atoms with Gasteiger partial charge in [0.25, 0.3) is 0 Å². The predicted molar refractivity (Wildman–Crippen MR) is 101 cm³/mol. The summed E-state index contributed by atoms with van der Waals surface area (Å²) in [7, 11) is -3.82. The molecule has 0 spiro atoms. The third-order valence-corrected chi connectivity index (χ3v) is 7.36. The summed E-state index contributed by atoms with van der Waals surface area (Å²) in [5.74, 6) is -1.34. The summed E-state index contributed by atoms with van der Waals surface area (Å²) in [6, 6.07) is 0. The highest BCUT2D eigenvalue weighted by Gasteiger charge is 2.62. The van der Waals surface area contributed by atoms with Gasteiger partial charge in [-0.25, -0.2) is 0 Å². The van der Waals surface area contributed by atoms with E-state index in [0.29, 0.717) is 0 Å². The Morgan fingerprint density at radius 3 is 2.36 bits per heavy atom. The number of carboxylic acid groups (broad SMARTS) is 1. The van der Waals surface area contributed by atoms with E-state index in [-0.39, 0.29) is 32.0 Å². The first-order chi connectivity index (χ1) is 11.6. The van der Waals surface area contributed by atoms with Crippen LogP contribution in [-0.2, 0) is 18.4 Å². The molecule has 0 bridgehead atoms. The Balaban J connectivity index is 3.10. The third kappa shape index (κ3) is 4.72. The van der Waals surface area contributed by atoms with Crippen LogP contribution >= 0.6 is 7.60 Å². The van der Waals surface area contributed by atoms with E-state index in [1.54, 1.807) is 13.8 Å². The Hall–Kier alpha value is -1.16. The summed E-state index contributed by atoms with van der Waals surface area (Å²) in [5, 5.41) is 8.32. The molecule has 0 radical (unpaired) electrons. The minimum atomic E-state index is -3.82. The van der Waals surface area contributed by atoms with Gasteiger partial charge in [-0.15, -0.1) is 0 Å². The summed E-state index contributed by atoms with van der Waals surface area (Å²) in [6.07, 6.45) is 3.97. The predicted octanol–water partition coefficient (Wildman–Crippen LogP) is 5.34. The normalized spacial score (nSPS) is 23.5. The molecule has 1 rings (SSSR count). The van der Waals surface area contributed by atoms with Crippen molar-refractivity contribution in [3.05, 3.63) is 36.0 Å². The Morgan fingerprint density at radius 2 is 1.92 bits per heavy atom. The summed E-state index contributed by atoms with van der Waals surface area (Å²) in [4.78, 5) is 12.1. The molecule has 0 aliphatic heterocycles. The maximum Gasteiger partial charge on any atom is 0.348 e. The molecule has 0 unspecified atom stereocenters. The van der Waals surface area contributed by atoms with Gasteiger partial charge in [0.1, 0.15) is 0 Å². The molecule has 0 saturated heterocycles.